The fourth-order valence-corrected chi connectivity index (χ4v) is 12.1. The average Bonchev–Trinajstić information content (AvgIpc) is 3.80. The van der Waals surface area contributed by atoms with Gasteiger partial charge in [0.1, 0.15) is 12.2 Å². The Bertz CT molecular complexity index is 1960. The van der Waals surface area contributed by atoms with Crippen LogP contribution in [0.3, 0.4) is 0 Å². The summed E-state index contributed by atoms with van der Waals surface area (Å²) in [6.45, 7) is 21.6. The maximum absolute atomic E-state index is 11.8. The van der Waals surface area contributed by atoms with E-state index in [0.29, 0.717) is 53.1 Å². The predicted molar refractivity (Wildman–Crippen MR) is 245 cm³/mol. The molecule has 4 heterocycles. The maximum atomic E-state index is 11.8. The minimum absolute atomic E-state index is 0.00997. The molecule has 330 valence electrons. The molecule has 0 amide bonds. The summed E-state index contributed by atoms with van der Waals surface area (Å²) in [5, 5.41) is 32.7. The van der Waals surface area contributed by atoms with Crippen molar-refractivity contribution >= 4 is 48.5 Å². The predicted octanol–water partition coefficient (Wildman–Crippen LogP) is 11.5. The zero-order valence-corrected chi connectivity index (χ0v) is 42.0. The molecule has 2 saturated heterocycles. The van der Waals surface area contributed by atoms with E-state index < -0.39 is 28.8 Å². The fourth-order valence-electron chi connectivity index (χ4n) is 8.03. The average molecular weight is 991 g/mol. The van der Waals surface area contributed by atoms with Gasteiger partial charge in [-0.3, -0.25) is 0 Å². The molecular formula is C44H66Br2N6O6Si2. The molecule has 12 nitrogen and oxygen atoms in total. The summed E-state index contributed by atoms with van der Waals surface area (Å²) >= 11 is 6.93. The highest BCUT2D eigenvalue weighted by molar-refractivity contribution is 9.10. The lowest BCUT2D eigenvalue weighted by atomic mass is 9.91. The molecule has 0 radical (unpaired) electrons. The van der Waals surface area contributed by atoms with Crippen LogP contribution in [-0.2, 0) is 18.3 Å². The molecule has 16 heteroatoms. The summed E-state index contributed by atoms with van der Waals surface area (Å²) < 4.78 is 31.1. The zero-order valence-electron chi connectivity index (χ0n) is 36.9. The summed E-state index contributed by atoms with van der Waals surface area (Å²) in [5.74, 6) is 1.26. The van der Waals surface area contributed by atoms with Gasteiger partial charge >= 0.3 is 0 Å². The van der Waals surface area contributed by atoms with Crippen molar-refractivity contribution < 1.29 is 28.5 Å². The monoisotopic (exact) mass is 988 g/mol. The highest BCUT2D eigenvalue weighted by Gasteiger charge is 2.46. The molecule has 6 rings (SSSR count). The summed E-state index contributed by atoms with van der Waals surface area (Å²) in [6.07, 6.45) is 3.07. The van der Waals surface area contributed by atoms with E-state index in [9.17, 15) is 10.2 Å². The van der Waals surface area contributed by atoms with Crippen LogP contribution >= 0.6 is 31.9 Å². The molecule has 0 saturated carbocycles. The number of hydrogen-bond acceptors (Lipinski definition) is 10. The molecule has 7 atom stereocenters. The second-order valence-electron chi connectivity index (χ2n) is 19.3. The zero-order chi connectivity index (χ0) is 43.5. The van der Waals surface area contributed by atoms with Gasteiger partial charge in [0.15, 0.2) is 40.7 Å². The number of aliphatic hydroxyl groups is 2. The molecule has 0 bridgehead atoms. The molecular weight excluding hydrogens is 924 g/mol. The Kier molecular flexibility index (Phi) is 15.6. The highest BCUT2D eigenvalue weighted by Crippen LogP contribution is 2.49. The van der Waals surface area contributed by atoms with Crippen LogP contribution in [-0.4, -0.2) is 69.6 Å². The van der Waals surface area contributed by atoms with Crippen molar-refractivity contribution in [2.45, 2.75) is 159 Å². The number of aromatic nitrogens is 6. The first-order valence-corrected chi connectivity index (χ1v) is 28.9. The van der Waals surface area contributed by atoms with Crippen molar-refractivity contribution in [1.82, 2.24) is 29.5 Å². The van der Waals surface area contributed by atoms with Crippen molar-refractivity contribution in [1.29, 1.82) is 0 Å². The van der Waals surface area contributed by atoms with Crippen LogP contribution in [0, 0.1) is 5.92 Å². The molecule has 2 aromatic heterocycles. The van der Waals surface area contributed by atoms with E-state index in [0.717, 1.165) is 49.7 Å². The van der Waals surface area contributed by atoms with Crippen LogP contribution in [0.4, 0.5) is 0 Å². The topological polar surface area (TPSA) is 139 Å². The first-order valence-electron chi connectivity index (χ1n) is 21.5. The number of hydrogen-bond donors (Lipinski definition) is 2. The second kappa shape index (κ2) is 19.7. The van der Waals surface area contributed by atoms with Gasteiger partial charge < -0.3 is 28.5 Å². The Hall–Kier alpha value is -2.13. The van der Waals surface area contributed by atoms with Crippen molar-refractivity contribution in [2.75, 3.05) is 13.2 Å². The van der Waals surface area contributed by atoms with Crippen LogP contribution in [0.25, 0.3) is 0 Å². The van der Waals surface area contributed by atoms with Gasteiger partial charge in [0, 0.05) is 19.4 Å². The Morgan fingerprint density at radius 3 is 1.62 bits per heavy atom. The van der Waals surface area contributed by atoms with Crippen LogP contribution in [0.1, 0.15) is 146 Å². The minimum atomic E-state index is -2.46. The third kappa shape index (κ3) is 11.5. The fraction of sp³-hybridized carbons (Fsp3) is 0.636. The second-order valence-corrected chi connectivity index (χ2v) is 30.1. The summed E-state index contributed by atoms with van der Waals surface area (Å²) in [5.41, 5.74) is 2.06. The normalized spacial score (nSPS) is 21.7. The Balaban J connectivity index is 1.11. The molecule has 0 spiro atoms. The van der Waals surface area contributed by atoms with Crippen LogP contribution in [0.2, 0.25) is 36.3 Å². The van der Waals surface area contributed by atoms with Crippen LogP contribution in [0.15, 0.2) is 70.1 Å². The molecule has 4 aromatic rings. The number of benzene rings is 2. The van der Waals surface area contributed by atoms with Crippen LogP contribution in [0.5, 0.6) is 0 Å². The SMILES string of the molecule is CC(C)(C)[Si](C)(C)OC(CC(O)c1nc(Br)nn1C1CCC(CC(C)(C)[Si](C)(C)OC(CC(O)c2nc(Br)nn2C2CCCCO2)c2ccccc2)CO1)c1ccccc1. The van der Waals surface area contributed by atoms with E-state index in [1.54, 1.807) is 9.36 Å². The number of halogens is 2. The molecule has 2 aliphatic rings. The summed E-state index contributed by atoms with van der Waals surface area (Å²) in [4.78, 5) is 9.25. The first kappa shape index (κ1) is 47.4. The Morgan fingerprint density at radius 1 is 0.700 bits per heavy atom. The van der Waals surface area contributed by atoms with E-state index in [4.69, 9.17) is 18.3 Å². The molecule has 2 aliphatic heterocycles. The number of nitrogens with zero attached hydrogens (tertiary/aromatic N) is 6. The van der Waals surface area contributed by atoms with E-state index in [1.165, 1.54) is 0 Å². The lowest BCUT2D eigenvalue weighted by molar-refractivity contribution is -0.0740. The van der Waals surface area contributed by atoms with E-state index in [1.807, 2.05) is 36.4 Å². The lowest BCUT2D eigenvalue weighted by Gasteiger charge is -2.44. The molecule has 2 aromatic carbocycles. The van der Waals surface area contributed by atoms with Crippen molar-refractivity contribution in [3.63, 3.8) is 0 Å². The van der Waals surface area contributed by atoms with Gasteiger partial charge in [-0.15, -0.1) is 10.2 Å². The van der Waals surface area contributed by atoms with Gasteiger partial charge in [-0.25, -0.2) is 19.3 Å². The molecule has 0 aliphatic carbocycles. The number of ether oxygens (including phenoxy) is 2. The molecule has 60 heavy (non-hydrogen) atoms. The quantitative estimate of drug-likeness (QED) is 0.0983. The van der Waals surface area contributed by atoms with Gasteiger partial charge in [0.2, 0.25) is 9.47 Å². The molecule has 2 N–H and O–H groups in total. The summed E-state index contributed by atoms with van der Waals surface area (Å²) in [6, 6.07) is 20.4. The van der Waals surface area contributed by atoms with Gasteiger partial charge in [0.05, 0.1) is 18.8 Å². The van der Waals surface area contributed by atoms with E-state index in [-0.39, 0.29) is 34.7 Å². The van der Waals surface area contributed by atoms with Gasteiger partial charge in [-0.2, -0.15) is 0 Å². The lowest BCUT2D eigenvalue weighted by Crippen LogP contribution is -2.45. The van der Waals surface area contributed by atoms with Crippen molar-refractivity contribution in [3.05, 3.63) is 92.9 Å². The van der Waals surface area contributed by atoms with Crippen molar-refractivity contribution in [2.24, 2.45) is 5.92 Å². The third-order valence-corrected chi connectivity index (χ3v) is 22.7. The maximum Gasteiger partial charge on any atom is 0.217 e. The van der Waals surface area contributed by atoms with E-state index >= 15 is 0 Å². The largest absolute Gasteiger partial charge is 0.410 e. The standard InChI is InChI=1S/C44H66Br2N6O6Si2/c1-43(2,3)59(6,7)57-35(31-18-12-10-13-19-31)26-33(53)40-48-42(46)50-52(40)38-24-23-30(29-56-38)28-44(4,5)60(8,9)58-36(32-20-14-11-15-21-32)27-34(54)39-47-41(45)49-51(39)37-22-16-17-25-55-37/h10-15,18-21,30,33-38,53-54H,16-17,22-29H2,1-9H3. The van der Waals surface area contributed by atoms with Gasteiger partial charge in [-0.1, -0.05) is 95.3 Å². The Morgan fingerprint density at radius 2 is 1.18 bits per heavy atom. The molecule has 7 unspecified atom stereocenters. The smallest absolute Gasteiger partial charge is 0.217 e. The minimum Gasteiger partial charge on any atom is -0.410 e. The molecule has 2 fully saturated rings. The van der Waals surface area contributed by atoms with Gasteiger partial charge in [0.25, 0.3) is 0 Å². The highest BCUT2D eigenvalue weighted by atomic mass is 79.9. The van der Waals surface area contributed by atoms with E-state index in [2.05, 4.69) is 137 Å². The number of rotatable bonds is 17. The number of aliphatic hydroxyl groups excluding tert-OH is 2. The van der Waals surface area contributed by atoms with Crippen molar-refractivity contribution in [3.8, 4) is 0 Å². The summed E-state index contributed by atoms with van der Waals surface area (Å²) in [7, 11) is -4.64. The van der Waals surface area contributed by atoms with Crippen LogP contribution < -0.4 is 0 Å². The third-order valence-electron chi connectivity index (χ3n) is 13.2. The van der Waals surface area contributed by atoms with Gasteiger partial charge in [-0.05, 0) is 124 Å². The first-order chi connectivity index (χ1) is 28.2. The Labute approximate surface area is 375 Å².